The molecule has 52 heavy (non-hydrogen) atoms. The number of carboxylic acid groups (broad SMARTS) is 1. The summed E-state index contributed by atoms with van der Waals surface area (Å²) in [6.07, 6.45) is 18.3. The maximum absolute atomic E-state index is 13.1. The van der Waals surface area contributed by atoms with Crippen molar-refractivity contribution in [1.82, 2.24) is 15.1 Å². The molecular weight excluding hydrogens is 647 g/mol. The van der Waals surface area contributed by atoms with E-state index in [4.69, 9.17) is 4.74 Å². The number of hydrogen-bond donors (Lipinski definition) is 2. The number of likely N-dealkylation sites (tertiary alicyclic amines) is 2. The van der Waals surface area contributed by atoms with Crippen LogP contribution in [-0.4, -0.2) is 76.4 Å². The summed E-state index contributed by atoms with van der Waals surface area (Å²) >= 11 is 0. The first-order chi connectivity index (χ1) is 24.7. The number of fused-ring (bicyclic) bond motifs is 7. The Morgan fingerprint density at radius 3 is 2.38 bits per heavy atom. The molecule has 1 amide bonds. The molecule has 0 aromatic heterocycles. The third-order valence-electron chi connectivity index (χ3n) is 17.5. The van der Waals surface area contributed by atoms with Crippen molar-refractivity contribution in [3.8, 4) is 0 Å². The van der Waals surface area contributed by atoms with Crippen LogP contribution in [0.25, 0.3) is 5.57 Å². The number of nitrogens with one attached hydrogen (secondary N) is 1. The number of nitrogens with zero attached hydrogens (tertiary/aromatic N) is 2. The summed E-state index contributed by atoms with van der Waals surface area (Å²) in [5, 5.41) is 13.7. The molecule has 9 rings (SSSR count). The molecule has 6 aliphatic carbocycles. The molecule has 11 unspecified atom stereocenters. The highest BCUT2D eigenvalue weighted by atomic mass is 16.6. The number of carboxylic acids is 1. The van der Waals surface area contributed by atoms with Crippen molar-refractivity contribution in [2.45, 2.75) is 142 Å². The first-order valence-corrected chi connectivity index (χ1v) is 21.2. The zero-order valence-corrected chi connectivity index (χ0v) is 32.9. The fraction of sp³-hybridized carbons (Fsp3) is 0.778. The van der Waals surface area contributed by atoms with Gasteiger partial charge in [-0.2, -0.15) is 0 Å². The fourth-order valence-corrected chi connectivity index (χ4v) is 15.3. The number of rotatable bonds is 6. The number of carbonyl (C=O) groups is 2. The van der Waals surface area contributed by atoms with Gasteiger partial charge < -0.3 is 15.2 Å². The van der Waals surface area contributed by atoms with E-state index in [1.807, 2.05) is 32.9 Å². The second-order valence-electron chi connectivity index (χ2n) is 20.6. The van der Waals surface area contributed by atoms with Crippen LogP contribution in [0.3, 0.4) is 0 Å². The molecule has 5 saturated carbocycles. The molecule has 284 valence electrons. The van der Waals surface area contributed by atoms with Crippen LogP contribution in [0.2, 0.25) is 0 Å². The molecule has 2 heterocycles. The number of piperidine rings is 1. The summed E-state index contributed by atoms with van der Waals surface area (Å²) in [4.78, 5) is 29.4. The van der Waals surface area contributed by atoms with Crippen LogP contribution in [0.5, 0.6) is 0 Å². The Hall–Kier alpha value is -2.38. The Bertz CT molecular complexity index is 1630. The third kappa shape index (κ3) is 5.09. The highest BCUT2D eigenvalue weighted by Gasteiger charge is 2.71. The number of amides is 1. The summed E-state index contributed by atoms with van der Waals surface area (Å²) in [6, 6.07) is 8.35. The topological polar surface area (TPSA) is 82.1 Å². The van der Waals surface area contributed by atoms with Crippen molar-refractivity contribution in [2.75, 3.05) is 26.2 Å². The molecule has 1 spiro atoms. The van der Waals surface area contributed by atoms with E-state index in [0.29, 0.717) is 51.3 Å². The largest absolute Gasteiger partial charge is 0.478 e. The van der Waals surface area contributed by atoms with Crippen LogP contribution in [0.4, 0.5) is 4.79 Å². The Balaban J connectivity index is 0.852. The zero-order valence-electron chi connectivity index (χ0n) is 32.9. The summed E-state index contributed by atoms with van der Waals surface area (Å²) < 4.78 is 5.83. The molecule has 2 aliphatic heterocycles. The predicted octanol–water partition coefficient (Wildman–Crippen LogP) is 8.88. The summed E-state index contributed by atoms with van der Waals surface area (Å²) in [6.45, 7) is 18.1. The zero-order chi connectivity index (χ0) is 36.4. The van der Waals surface area contributed by atoms with Crippen LogP contribution in [0.15, 0.2) is 30.3 Å². The standard InChI is InChI=1S/C45H65N3O4/c1-28-31(29-9-11-30(12-10-29)39(49)50)15-20-42(5)33(28)16-21-43(6)34-17-23-45(19-7-8-35(45)32(34)13-14-36(42)43)46-24-25-47-26-38-44(27-47)22-18-37(44)48(38)40(51)52-41(2,3)4/h9-12,15,28,32-38,46H,7-8,13-14,16-27H2,1-6H3,(H,49,50)/t28?,32?,33?,34?,35-,36?,37?,38?,42?,43?,44?,45?/m1/s1. The van der Waals surface area contributed by atoms with Crippen LogP contribution in [0, 0.1) is 51.8 Å². The van der Waals surface area contributed by atoms with Crippen molar-refractivity contribution < 1.29 is 19.4 Å². The van der Waals surface area contributed by atoms with Gasteiger partial charge in [-0.15, -0.1) is 0 Å². The van der Waals surface area contributed by atoms with Gasteiger partial charge >= 0.3 is 12.1 Å². The smallest absolute Gasteiger partial charge is 0.410 e. The number of ether oxygens (including phenoxy) is 1. The van der Waals surface area contributed by atoms with Crippen molar-refractivity contribution in [1.29, 1.82) is 0 Å². The number of carbonyl (C=O) groups excluding carboxylic acids is 1. The van der Waals surface area contributed by atoms with E-state index in [9.17, 15) is 14.7 Å². The van der Waals surface area contributed by atoms with Gasteiger partial charge in [-0.3, -0.25) is 9.80 Å². The Labute approximate surface area is 312 Å². The van der Waals surface area contributed by atoms with Crippen LogP contribution >= 0.6 is 0 Å². The number of aromatic carboxylic acids is 1. The molecular formula is C45H65N3O4. The van der Waals surface area contributed by atoms with Gasteiger partial charge in [-0.1, -0.05) is 45.4 Å². The Morgan fingerprint density at radius 1 is 0.904 bits per heavy atom. The second kappa shape index (κ2) is 12.1. The van der Waals surface area contributed by atoms with Gasteiger partial charge in [0.15, 0.2) is 0 Å². The minimum absolute atomic E-state index is 0.0999. The average molecular weight is 712 g/mol. The molecule has 1 aromatic carbocycles. The van der Waals surface area contributed by atoms with E-state index in [1.54, 1.807) is 12.1 Å². The van der Waals surface area contributed by atoms with Gasteiger partial charge in [0, 0.05) is 43.2 Å². The molecule has 12 atom stereocenters. The quantitative estimate of drug-likeness (QED) is 0.307. The molecule has 7 nitrogen and oxygen atoms in total. The first-order valence-electron chi connectivity index (χ1n) is 21.2. The van der Waals surface area contributed by atoms with Gasteiger partial charge in [0.2, 0.25) is 0 Å². The van der Waals surface area contributed by atoms with E-state index < -0.39 is 11.6 Å². The van der Waals surface area contributed by atoms with E-state index >= 15 is 0 Å². The van der Waals surface area contributed by atoms with Gasteiger partial charge in [-0.05, 0) is 161 Å². The number of hydrogen-bond acceptors (Lipinski definition) is 5. The van der Waals surface area contributed by atoms with Crippen molar-refractivity contribution in [3.63, 3.8) is 0 Å². The van der Waals surface area contributed by atoms with Crippen LogP contribution < -0.4 is 5.32 Å². The highest BCUT2D eigenvalue weighted by molar-refractivity contribution is 5.88. The molecule has 2 saturated heterocycles. The maximum Gasteiger partial charge on any atom is 0.410 e. The fourth-order valence-electron chi connectivity index (χ4n) is 15.3. The minimum Gasteiger partial charge on any atom is -0.478 e. The van der Waals surface area contributed by atoms with Crippen molar-refractivity contribution >= 4 is 17.6 Å². The van der Waals surface area contributed by atoms with Crippen molar-refractivity contribution in [3.05, 3.63) is 41.5 Å². The van der Waals surface area contributed by atoms with Gasteiger partial charge in [0.25, 0.3) is 0 Å². The molecule has 8 aliphatic rings. The lowest BCUT2D eigenvalue weighted by molar-refractivity contribution is -0.165. The van der Waals surface area contributed by atoms with E-state index in [2.05, 4.69) is 42.0 Å². The monoisotopic (exact) mass is 711 g/mol. The summed E-state index contributed by atoms with van der Waals surface area (Å²) in [7, 11) is 0. The van der Waals surface area contributed by atoms with Gasteiger partial charge in [0.05, 0.1) is 11.6 Å². The lowest BCUT2D eigenvalue weighted by Gasteiger charge is -2.67. The lowest BCUT2D eigenvalue weighted by atomic mass is 9.38. The van der Waals surface area contributed by atoms with E-state index in [1.165, 1.54) is 75.3 Å². The van der Waals surface area contributed by atoms with Gasteiger partial charge in [-0.25, -0.2) is 9.59 Å². The second-order valence-corrected chi connectivity index (χ2v) is 20.6. The lowest BCUT2D eigenvalue weighted by Crippen LogP contribution is -2.77. The molecule has 0 radical (unpaired) electrons. The maximum atomic E-state index is 13.1. The Kier molecular flexibility index (Phi) is 8.19. The van der Waals surface area contributed by atoms with E-state index in [0.717, 1.165) is 62.7 Å². The number of benzene rings is 1. The van der Waals surface area contributed by atoms with Crippen molar-refractivity contribution in [2.24, 2.45) is 51.8 Å². The van der Waals surface area contributed by atoms with Crippen LogP contribution in [0.1, 0.15) is 135 Å². The van der Waals surface area contributed by atoms with E-state index in [-0.39, 0.29) is 6.09 Å². The SMILES string of the molecule is CC1C(c2ccc(C(=O)O)cc2)=CCC2(C)C1CCC1(C)C3CCC4(NCCN5CC6N(C(=O)OC(C)(C)C)C7CCC76C5)CCC[C@@H]4C3CCC21. The summed E-state index contributed by atoms with van der Waals surface area (Å²) in [5.41, 5.74) is 3.97. The van der Waals surface area contributed by atoms with Crippen LogP contribution in [-0.2, 0) is 4.74 Å². The minimum atomic E-state index is -0.852. The molecule has 7 heteroatoms. The molecule has 7 fully saturated rings. The van der Waals surface area contributed by atoms with Gasteiger partial charge in [0.1, 0.15) is 5.60 Å². The summed E-state index contributed by atoms with van der Waals surface area (Å²) in [5.74, 6) is 3.61. The normalized spacial score (nSPS) is 44.8. The third-order valence-corrected chi connectivity index (χ3v) is 17.5. The molecule has 2 N–H and O–H groups in total. The first kappa shape index (κ1) is 35.3. The highest BCUT2D eigenvalue weighted by Crippen LogP contribution is 2.71. The number of allylic oxidation sites excluding steroid dienone is 2. The molecule has 0 bridgehead atoms. The Morgan fingerprint density at radius 2 is 1.67 bits per heavy atom. The molecule has 1 aromatic rings. The average Bonchev–Trinajstić information content (AvgIpc) is 3.68. The predicted molar refractivity (Wildman–Crippen MR) is 205 cm³/mol.